The summed E-state index contributed by atoms with van der Waals surface area (Å²) in [5.74, 6) is 1.86. The molecule has 0 saturated heterocycles. The summed E-state index contributed by atoms with van der Waals surface area (Å²) in [7, 11) is 0. The highest BCUT2D eigenvalue weighted by atomic mass is 14.4. The van der Waals surface area contributed by atoms with Crippen molar-refractivity contribution in [2.75, 3.05) is 0 Å². The molecule has 0 aromatic rings. The molecule has 0 heterocycles. The van der Waals surface area contributed by atoms with Gasteiger partial charge in [0.25, 0.3) is 0 Å². The molecule has 1 atom stereocenters. The van der Waals surface area contributed by atoms with Crippen LogP contribution in [0.25, 0.3) is 0 Å². The van der Waals surface area contributed by atoms with Crippen LogP contribution in [0.15, 0.2) is 0 Å². The summed E-state index contributed by atoms with van der Waals surface area (Å²) in [5, 5.41) is 0. The Labute approximate surface area is 71.4 Å². The SMILES string of the molecule is CCC(CC1(C)CC1)C(C)C. The number of rotatable bonds is 4. The molecule has 1 fully saturated rings. The van der Waals surface area contributed by atoms with Gasteiger partial charge in [0, 0.05) is 0 Å². The normalized spacial score (nSPS) is 23.7. The molecule has 1 aliphatic carbocycles. The van der Waals surface area contributed by atoms with Crippen molar-refractivity contribution in [3.8, 4) is 0 Å². The van der Waals surface area contributed by atoms with Gasteiger partial charge in [-0.05, 0) is 36.5 Å². The van der Waals surface area contributed by atoms with E-state index in [2.05, 4.69) is 27.7 Å². The first-order valence-electron chi connectivity index (χ1n) is 5.07. The smallest absolute Gasteiger partial charge is 0.0323 e. The van der Waals surface area contributed by atoms with Gasteiger partial charge in [-0.3, -0.25) is 0 Å². The molecule has 1 aliphatic rings. The molecule has 1 unspecified atom stereocenters. The third kappa shape index (κ3) is 2.50. The van der Waals surface area contributed by atoms with Crippen LogP contribution in [-0.4, -0.2) is 0 Å². The third-order valence-corrected chi connectivity index (χ3v) is 3.33. The lowest BCUT2D eigenvalue weighted by Crippen LogP contribution is -2.12. The maximum atomic E-state index is 2.44. The van der Waals surface area contributed by atoms with Gasteiger partial charge in [0.05, 0.1) is 0 Å². The molecule has 11 heavy (non-hydrogen) atoms. The minimum Gasteiger partial charge on any atom is -0.0651 e. The molecule has 0 aromatic heterocycles. The lowest BCUT2D eigenvalue weighted by molar-refractivity contribution is 0.287. The second-order valence-corrected chi connectivity index (χ2v) is 4.93. The van der Waals surface area contributed by atoms with Crippen LogP contribution in [0.4, 0.5) is 0 Å². The molecular formula is C11H22. The molecule has 0 N–H and O–H groups in total. The van der Waals surface area contributed by atoms with Crippen LogP contribution in [0.2, 0.25) is 0 Å². The first-order chi connectivity index (χ1) is 5.07. The Kier molecular flexibility index (Phi) is 2.61. The summed E-state index contributed by atoms with van der Waals surface area (Å²) in [6, 6.07) is 0. The van der Waals surface area contributed by atoms with E-state index in [0.717, 1.165) is 17.3 Å². The quantitative estimate of drug-likeness (QED) is 0.577. The molecule has 0 nitrogen and oxygen atoms in total. The monoisotopic (exact) mass is 154 g/mol. The fraction of sp³-hybridized carbons (Fsp3) is 1.00. The van der Waals surface area contributed by atoms with E-state index in [1.54, 1.807) is 0 Å². The lowest BCUT2D eigenvalue weighted by atomic mass is 9.84. The largest absolute Gasteiger partial charge is 0.0651 e. The Morgan fingerprint density at radius 1 is 1.27 bits per heavy atom. The summed E-state index contributed by atoms with van der Waals surface area (Å²) in [6.45, 7) is 9.49. The Bertz CT molecular complexity index is 120. The molecule has 0 aliphatic heterocycles. The summed E-state index contributed by atoms with van der Waals surface area (Å²) in [5.41, 5.74) is 0.755. The predicted molar refractivity (Wildman–Crippen MR) is 50.6 cm³/mol. The van der Waals surface area contributed by atoms with Crippen LogP contribution in [0, 0.1) is 17.3 Å². The fourth-order valence-corrected chi connectivity index (χ4v) is 1.90. The highest BCUT2D eigenvalue weighted by Crippen LogP contribution is 2.51. The van der Waals surface area contributed by atoms with E-state index in [1.807, 2.05) is 0 Å². The number of hydrogen-bond donors (Lipinski definition) is 0. The van der Waals surface area contributed by atoms with Crippen molar-refractivity contribution in [1.82, 2.24) is 0 Å². The molecule has 1 rings (SSSR count). The van der Waals surface area contributed by atoms with Gasteiger partial charge in [-0.2, -0.15) is 0 Å². The van der Waals surface area contributed by atoms with Crippen LogP contribution in [0.1, 0.15) is 53.4 Å². The van der Waals surface area contributed by atoms with Crippen LogP contribution < -0.4 is 0 Å². The second-order valence-electron chi connectivity index (χ2n) is 4.93. The van der Waals surface area contributed by atoms with Gasteiger partial charge in [0.15, 0.2) is 0 Å². The van der Waals surface area contributed by atoms with Gasteiger partial charge in [-0.1, -0.05) is 34.1 Å². The molecule has 1 saturated carbocycles. The zero-order valence-corrected chi connectivity index (χ0v) is 8.48. The minimum atomic E-state index is 0.755. The second kappa shape index (κ2) is 3.16. The zero-order chi connectivity index (χ0) is 8.48. The number of hydrogen-bond acceptors (Lipinski definition) is 0. The van der Waals surface area contributed by atoms with Crippen molar-refractivity contribution in [2.24, 2.45) is 17.3 Å². The molecule has 66 valence electrons. The van der Waals surface area contributed by atoms with Gasteiger partial charge in [0.2, 0.25) is 0 Å². The van der Waals surface area contributed by atoms with Crippen molar-refractivity contribution < 1.29 is 0 Å². The Balaban J connectivity index is 2.31. The third-order valence-electron chi connectivity index (χ3n) is 3.33. The standard InChI is InChI=1S/C11H22/c1-5-10(9(2)3)8-11(4)6-7-11/h9-10H,5-8H2,1-4H3. The molecule has 0 spiro atoms. The molecule has 0 bridgehead atoms. The van der Waals surface area contributed by atoms with E-state index in [4.69, 9.17) is 0 Å². The maximum absolute atomic E-state index is 2.44. The first-order valence-corrected chi connectivity index (χ1v) is 5.07. The van der Waals surface area contributed by atoms with Crippen molar-refractivity contribution in [3.63, 3.8) is 0 Å². The average Bonchev–Trinajstić information content (AvgIpc) is 2.64. The van der Waals surface area contributed by atoms with Crippen molar-refractivity contribution in [3.05, 3.63) is 0 Å². The van der Waals surface area contributed by atoms with Gasteiger partial charge in [-0.25, -0.2) is 0 Å². The molecule has 0 heteroatoms. The highest BCUT2D eigenvalue weighted by molar-refractivity contribution is 4.90. The van der Waals surface area contributed by atoms with E-state index < -0.39 is 0 Å². The van der Waals surface area contributed by atoms with Crippen LogP contribution in [0.3, 0.4) is 0 Å². The zero-order valence-electron chi connectivity index (χ0n) is 8.48. The van der Waals surface area contributed by atoms with E-state index in [9.17, 15) is 0 Å². The van der Waals surface area contributed by atoms with E-state index in [-0.39, 0.29) is 0 Å². The van der Waals surface area contributed by atoms with Crippen molar-refractivity contribution in [1.29, 1.82) is 0 Å². The predicted octanol–water partition coefficient (Wildman–Crippen LogP) is 3.86. The Morgan fingerprint density at radius 2 is 1.82 bits per heavy atom. The van der Waals surface area contributed by atoms with E-state index in [0.29, 0.717) is 0 Å². The topological polar surface area (TPSA) is 0 Å². The van der Waals surface area contributed by atoms with Gasteiger partial charge < -0.3 is 0 Å². The van der Waals surface area contributed by atoms with Crippen molar-refractivity contribution in [2.45, 2.75) is 53.4 Å². The van der Waals surface area contributed by atoms with E-state index >= 15 is 0 Å². The van der Waals surface area contributed by atoms with Gasteiger partial charge >= 0.3 is 0 Å². The van der Waals surface area contributed by atoms with Crippen LogP contribution in [-0.2, 0) is 0 Å². The summed E-state index contributed by atoms with van der Waals surface area (Å²) >= 11 is 0. The fourth-order valence-electron chi connectivity index (χ4n) is 1.90. The first kappa shape index (κ1) is 9.09. The summed E-state index contributed by atoms with van der Waals surface area (Å²) in [4.78, 5) is 0. The minimum absolute atomic E-state index is 0.755. The highest BCUT2D eigenvalue weighted by Gasteiger charge is 2.39. The molecule has 0 amide bonds. The van der Waals surface area contributed by atoms with Gasteiger partial charge in [-0.15, -0.1) is 0 Å². The van der Waals surface area contributed by atoms with Crippen molar-refractivity contribution >= 4 is 0 Å². The maximum Gasteiger partial charge on any atom is -0.0323 e. The van der Waals surface area contributed by atoms with Gasteiger partial charge in [0.1, 0.15) is 0 Å². The average molecular weight is 154 g/mol. The van der Waals surface area contributed by atoms with Crippen LogP contribution in [0.5, 0.6) is 0 Å². The molecular weight excluding hydrogens is 132 g/mol. The van der Waals surface area contributed by atoms with Crippen LogP contribution >= 0.6 is 0 Å². The lowest BCUT2D eigenvalue weighted by Gasteiger charge is -2.22. The van der Waals surface area contributed by atoms with E-state index in [1.165, 1.54) is 25.7 Å². The molecule has 0 radical (unpaired) electrons. The Morgan fingerprint density at radius 3 is 2.09 bits per heavy atom. The summed E-state index contributed by atoms with van der Waals surface area (Å²) < 4.78 is 0. The summed E-state index contributed by atoms with van der Waals surface area (Å²) in [6.07, 6.45) is 5.81. The molecule has 0 aromatic carbocycles. The Hall–Kier alpha value is 0.